The summed E-state index contributed by atoms with van der Waals surface area (Å²) in [5.74, 6) is -0.327. The van der Waals surface area contributed by atoms with Gasteiger partial charge in [-0.25, -0.2) is 5.43 Å². The number of nitrogens with one attached hydrogen (secondary N) is 2. The number of hydrogen-bond acceptors (Lipinski definition) is 5. The van der Waals surface area contributed by atoms with Crippen molar-refractivity contribution in [2.24, 2.45) is 5.10 Å². The zero-order valence-electron chi connectivity index (χ0n) is 20.1. The van der Waals surface area contributed by atoms with E-state index in [9.17, 15) is 9.59 Å². The minimum Gasteiger partial charge on any atom is -0.493 e. The van der Waals surface area contributed by atoms with Crippen molar-refractivity contribution in [1.29, 1.82) is 0 Å². The Bertz CT molecular complexity index is 1210. The third-order valence-electron chi connectivity index (χ3n) is 5.55. The van der Waals surface area contributed by atoms with E-state index >= 15 is 0 Å². The monoisotopic (exact) mass is 462 g/mol. The highest BCUT2D eigenvalue weighted by atomic mass is 16.5. The zero-order chi connectivity index (χ0) is 24.7. The van der Waals surface area contributed by atoms with E-state index in [0.717, 1.165) is 33.8 Å². The fourth-order valence-corrected chi connectivity index (χ4v) is 3.75. The summed E-state index contributed by atoms with van der Waals surface area (Å²) >= 11 is 0. The largest absolute Gasteiger partial charge is 0.493 e. The molecular weight excluding hydrogens is 432 g/mol. The van der Waals surface area contributed by atoms with Crippen LogP contribution in [-0.4, -0.2) is 43.4 Å². The molecule has 8 nitrogen and oxygen atoms in total. The number of aryl methyl sites for hydroxylation is 2. The van der Waals surface area contributed by atoms with Crippen molar-refractivity contribution in [2.45, 2.75) is 27.2 Å². The minimum atomic E-state index is -0.823. The molecule has 3 rings (SSSR count). The predicted molar refractivity (Wildman–Crippen MR) is 132 cm³/mol. The van der Waals surface area contributed by atoms with Gasteiger partial charge in [-0.1, -0.05) is 24.3 Å². The number of carbonyl (C=O) groups is 2. The molecule has 2 N–H and O–H groups in total. The van der Waals surface area contributed by atoms with Crippen LogP contribution in [0, 0.1) is 20.8 Å². The molecule has 0 aliphatic rings. The molecule has 1 aromatic heterocycles. The lowest BCUT2D eigenvalue weighted by Gasteiger charge is -2.12. The summed E-state index contributed by atoms with van der Waals surface area (Å²) in [5, 5.41) is 6.57. The molecule has 0 saturated heterocycles. The number of hydrogen-bond donors (Lipinski definition) is 2. The first kappa shape index (κ1) is 24.6. The number of aromatic nitrogens is 1. The van der Waals surface area contributed by atoms with Crippen LogP contribution in [0.4, 0.5) is 0 Å². The standard InChI is InChI=1S/C26H30N4O4/c1-17-8-6-7-9-22(17)30-18(2)14-21(19(30)3)16-28-29-26(32)25(31)27-13-12-20-10-11-23(33-4)24(15-20)34-5/h6-11,14-16H,12-13H2,1-5H3,(H,27,31)(H,29,32)/b28-16-. The molecule has 3 aromatic rings. The molecule has 0 spiro atoms. The van der Waals surface area contributed by atoms with E-state index in [0.29, 0.717) is 24.5 Å². The Labute approximate surface area is 199 Å². The van der Waals surface area contributed by atoms with Crippen LogP contribution < -0.4 is 20.2 Å². The van der Waals surface area contributed by atoms with Crippen LogP contribution in [0.25, 0.3) is 5.69 Å². The second-order valence-electron chi connectivity index (χ2n) is 7.84. The van der Waals surface area contributed by atoms with Crippen LogP contribution in [0.3, 0.4) is 0 Å². The van der Waals surface area contributed by atoms with Crippen LogP contribution in [-0.2, 0) is 16.0 Å². The molecule has 34 heavy (non-hydrogen) atoms. The SMILES string of the molecule is COc1ccc(CCNC(=O)C(=O)N/N=C\c2cc(C)n(-c3ccccc3C)c2C)cc1OC. The van der Waals surface area contributed by atoms with Crippen molar-refractivity contribution in [1.82, 2.24) is 15.3 Å². The second-order valence-corrected chi connectivity index (χ2v) is 7.84. The molecule has 0 fully saturated rings. The van der Waals surface area contributed by atoms with Gasteiger partial charge in [0.15, 0.2) is 11.5 Å². The molecule has 0 bridgehead atoms. The highest BCUT2D eigenvalue weighted by molar-refractivity contribution is 6.35. The van der Waals surface area contributed by atoms with Crippen molar-refractivity contribution in [2.75, 3.05) is 20.8 Å². The summed E-state index contributed by atoms with van der Waals surface area (Å²) in [7, 11) is 3.13. The lowest BCUT2D eigenvalue weighted by Crippen LogP contribution is -2.38. The second kappa shape index (κ2) is 11.2. The number of hydrazone groups is 1. The molecule has 8 heteroatoms. The lowest BCUT2D eigenvalue weighted by atomic mass is 10.1. The fourth-order valence-electron chi connectivity index (χ4n) is 3.75. The summed E-state index contributed by atoms with van der Waals surface area (Å²) in [6.07, 6.45) is 2.08. The first-order chi connectivity index (χ1) is 16.3. The van der Waals surface area contributed by atoms with Gasteiger partial charge in [0.1, 0.15) is 0 Å². The number of rotatable bonds is 8. The van der Waals surface area contributed by atoms with Crippen molar-refractivity contribution >= 4 is 18.0 Å². The number of carbonyl (C=O) groups excluding carboxylic acids is 2. The number of methoxy groups -OCH3 is 2. The fraction of sp³-hybridized carbons (Fsp3) is 0.269. The average Bonchev–Trinajstić information content (AvgIpc) is 3.11. The van der Waals surface area contributed by atoms with E-state index in [-0.39, 0.29) is 0 Å². The number of benzene rings is 2. The first-order valence-corrected chi connectivity index (χ1v) is 10.9. The first-order valence-electron chi connectivity index (χ1n) is 10.9. The van der Waals surface area contributed by atoms with Crippen molar-refractivity contribution in [3.05, 3.63) is 76.6 Å². The molecule has 0 radical (unpaired) electrons. The summed E-state index contributed by atoms with van der Waals surface area (Å²) in [5.41, 5.74) is 8.38. The van der Waals surface area contributed by atoms with E-state index in [2.05, 4.69) is 39.5 Å². The van der Waals surface area contributed by atoms with E-state index in [1.807, 2.05) is 44.2 Å². The van der Waals surface area contributed by atoms with E-state index in [1.165, 1.54) is 0 Å². The summed E-state index contributed by atoms with van der Waals surface area (Å²) in [6.45, 7) is 6.36. The summed E-state index contributed by atoms with van der Waals surface area (Å²) in [4.78, 5) is 24.2. The molecule has 0 aliphatic heterocycles. The molecule has 2 aromatic carbocycles. The minimum absolute atomic E-state index is 0.295. The Morgan fingerprint density at radius 1 is 0.971 bits per heavy atom. The van der Waals surface area contributed by atoms with Gasteiger partial charge < -0.3 is 19.4 Å². The summed E-state index contributed by atoms with van der Waals surface area (Å²) < 4.78 is 12.6. The van der Waals surface area contributed by atoms with Crippen LogP contribution in [0.15, 0.2) is 53.6 Å². The third kappa shape index (κ3) is 5.64. The number of ether oxygens (including phenoxy) is 2. The quantitative estimate of drug-likeness (QED) is 0.305. The number of amides is 2. The molecule has 0 aliphatic carbocycles. The Balaban J connectivity index is 1.55. The van der Waals surface area contributed by atoms with Gasteiger partial charge in [0.2, 0.25) is 0 Å². The van der Waals surface area contributed by atoms with Crippen molar-refractivity contribution in [3.63, 3.8) is 0 Å². The Morgan fingerprint density at radius 2 is 1.71 bits per heavy atom. The van der Waals surface area contributed by atoms with Gasteiger partial charge in [-0.15, -0.1) is 0 Å². The molecule has 0 saturated carbocycles. The van der Waals surface area contributed by atoms with Crippen molar-refractivity contribution < 1.29 is 19.1 Å². The lowest BCUT2D eigenvalue weighted by molar-refractivity contribution is -0.139. The van der Waals surface area contributed by atoms with Gasteiger partial charge >= 0.3 is 11.8 Å². The van der Waals surface area contributed by atoms with Gasteiger partial charge in [-0.05, 0) is 62.6 Å². The topological polar surface area (TPSA) is 94.0 Å². The maximum Gasteiger partial charge on any atom is 0.329 e. The van der Waals surface area contributed by atoms with Gasteiger partial charge in [-0.3, -0.25) is 9.59 Å². The smallest absolute Gasteiger partial charge is 0.329 e. The van der Waals surface area contributed by atoms with Gasteiger partial charge in [0, 0.05) is 29.2 Å². The highest BCUT2D eigenvalue weighted by Gasteiger charge is 2.14. The number of nitrogens with zero attached hydrogens (tertiary/aromatic N) is 2. The molecule has 0 unspecified atom stereocenters. The van der Waals surface area contributed by atoms with Crippen LogP contribution >= 0.6 is 0 Å². The zero-order valence-corrected chi connectivity index (χ0v) is 20.1. The van der Waals surface area contributed by atoms with Crippen LogP contribution in [0.1, 0.15) is 28.1 Å². The normalized spacial score (nSPS) is 10.9. The molecule has 1 heterocycles. The third-order valence-corrected chi connectivity index (χ3v) is 5.55. The number of para-hydroxylation sites is 1. The van der Waals surface area contributed by atoms with Gasteiger partial charge in [-0.2, -0.15) is 5.10 Å². The van der Waals surface area contributed by atoms with Crippen LogP contribution in [0.2, 0.25) is 0 Å². The van der Waals surface area contributed by atoms with Gasteiger partial charge in [0.05, 0.1) is 20.4 Å². The maximum atomic E-state index is 12.1. The van der Waals surface area contributed by atoms with Crippen LogP contribution in [0.5, 0.6) is 11.5 Å². The molecular formula is C26H30N4O4. The average molecular weight is 463 g/mol. The summed E-state index contributed by atoms with van der Waals surface area (Å²) in [6, 6.07) is 15.6. The Morgan fingerprint density at radius 3 is 2.41 bits per heavy atom. The van der Waals surface area contributed by atoms with E-state index in [1.54, 1.807) is 26.5 Å². The maximum absolute atomic E-state index is 12.1. The highest BCUT2D eigenvalue weighted by Crippen LogP contribution is 2.27. The molecule has 178 valence electrons. The Hall–Kier alpha value is -4.07. The molecule has 0 atom stereocenters. The predicted octanol–water partition coefficient (Wildman–Crippen LogP) is 3.23. The van der Waals surface area contributed by atoms with Gasteiger partial charge in [0.25, 0.3) is 0 Å². The Kier molecular flexibility index (Phi) is 8.08. The molecule has 2 amide bonds. The van der Waals surface area contributed by atoms with Crippen molar-refractivity contribution in [3.8, 4) is 17.2 Å². The van der Waals surface area contributed by atoms with E-state index < -0.39 is 11.8 Å². The van der Waals surface area contributed by atoms with E-state index in [4.69, 9.17) is 9.47 Å².